The molecule has 96 valence electrons. The van der Waals surface area contributed by atoms with E-state index in [4.69, 9.17) is 4.98 Å². The van der Waals surface area contributed by atoms with Gasteiger partial charge in [-0.25, -0.2) is 4.98 Å². The van der Waals surface area contributed by atoms with Crippen molar-refractivity contribution < 1.29 is 0 Å². The van der Waals surface area contributed by atoms with Crippen molar-refractivity contribution in [2.24, 2.45) is 0 Å². The van der Waals surface area contributed by atoms with Crippen LogP contribution in [0.2, 0.25) is 0 Å². The maximum atomic E-state index is 4.84. The van der Waals surface area contributed by atoms with Gasteiger partial charge < -0.3 is 10.2 Å². The number of hydrogen-bond donors (Lipinski definition) is 1. The summed E-state index contributed by atoms with van der Waals surface area (Å²) in [6.45, 7) is 6.62. The smallest absolute Gasteiger partial charge is 0.185 e. The molecule has 1 aliphatic carbocycles. The molecule has 1 atom stereocenters. The molecule has 4 heteroatoms. The normalized spacial score (nSPS) is 19.1. The molecule has 0 aromatic carbocycles. The Labute approximate surface area is 108 Å². The lowest BCUT2D eigenvalue weighted by Crippen LogP contribution is -2.23. The minimum Gasteiger partial charge on any atom is -0.348 e. The van der Waals surface area contributed by atoms with E-state index in [0.29, 0.717) is 6.04 Å². The van der Waals surface area contributed by atoms with Gasteiger partial charge in [0.05, 0.1) is 5.69 Å². The lowest BCUT2D eigenvalue weighted by atomic mass is 9.98. The molecule has 1 aliphatic rings. The largest absolute Gasteiger partial charge is 0.348 e. The Morgan fingerprint density at radius 3 is 2.94 bits per heavy atom. The van der Waals surface area contributed by atoms with Gasteiger partial charge in [0.25, 0.3) is 0 Å². The molecule has 0 aliphatic heterocycles. The van der Waals surface area contributed by atoms with Gasteiger partial charge in [-0.3, -0.25) is 0 Å². The Morgan fingerprint density at radius 2 is 2.29 bits per heavy atom. The highest BCUT2D eigenvalue weighted by atomic mass is 32.1. The topological polar surface area (TPSA) is 28.2 Å². The van der Waals surface area contributed by atoms with Crippen molar-refractivity contribution in [1.29, 1.82) is 0 Å². The van der Waals surface area contributed by atoms with Crippen LogP contribution in [-0.4, -0.2) is 25.1 Å². The van der Waals surface area contributed by atoms with Gasteiger partial charge >= 0.3 is 0 Å². The first-order valence-corrected chi connectivity index (χ1v) is 7.53. The molecular formula is C13H23N3S. The first kappa shape index (κ1) is 12.8. The SMILES string of the molecule is CCCN(CC)c1nc2c(s1)C(NC)CCC2. The maximum Gasteiger partial charge on any atom is 0.185 e. The van der Waals surface area contributed by atoms with E-state index in [9.17, 15) is 0 Å². The zero-order chi connectivity index (χ0) is 12.3. The number of hydrogen-bond acceptors (Lipinski definition) is 4. The van der Waals surface area contributed by atoms with E-state index in [1.807, 2.05) is 11.3 Å². The monoisotopic (exact) mass is 253 g/mol. The summed E-state index contributed by atoms with van der Waals surface area (Å²) >= 11 is 1.89. The third kappa shape index (κ3) is 2.63. The van der Waals surface area contributed by atoms with Crippen molar-refractivity contribution in [3.05, 3.63) is 10.6 Å². The molecule has 17 heavy (non-hydrogen) atoms. The van der Waals surface area contributed by atoms with Crippen LogP contribution in [0.15, 0.2) is 0 Å². The summed E-state index contributed by atoms with van der Waals surface area (Å²) in [6, 6.07) is 0.533. The average molecular weight is 253 g/mol. The minimum atomic E-state index is 0.533. The number of nitrogens with one attached hydrogen (secondary N) is 1. The fraction of sp³-hybridized carbons (Fsp3) is 0.769. The molecule has 0 amide bonds. The van der Waals surface area contributed by atoms with Gasteiger partial charge in [0.2, 0.25) is 0 Å². The molecule has 0 saturated carbocycles. The van der Waals surface area contributed by atoms with Crippen LogP contribution in [-0.2, 0) is 6.42 Å². The van der Waals surface area contributed by atoms with Crippen LogP contribution in [0.5, 0.6) is 0 Å². The highest BCUT2D eigenvalue weighted by molar-refractivity contribution is 7.15. The number of fused-ring (bicyclic) bond motifs is 1. The number of aromatic nitrogens is 1. The van der Waals surface area contributed by atoms with E-state index in [-0.39, 0.29) is 0 Å². The summed E-state index contributed by atoms with van der Waals surface area (Å²) < 4.78 is 0. The summed E-state index contributed by atoms with van der Waals surface area (Å²) in [5.41, 5.74) is 1.34. The molecule has 0 spiro atoms. The molecule has 0 radical (unpaired) electrons. The van der Waals surface area contributed by atoms with Crippen LogP contribution in [0.25, 0.3) is 0 Å². The highest BCUT2D eigenvalue weighted by Crippen LogP contribution is 2.37. The molecular weight excluding hydrogens is 230 g/mol. The van der Waals surface area contributed by atoms with Crippen LogP contribution in [0.4, 0.5) is 5.13 Å². The van der Waals surface area contributed by atoms with Crippen LogP contribution in [0, 0.1) is 0 Å². The molecule has 1 aromatic heterocycles. The van der Waals surface area contributed by atoms with E-state index in [2.05, 4.69) is 31.1 Å². The second-order valence-electron chi connectivity index (χ2n) is 4.62. The van der Waals surface area contributed by atoms with Crippen molar-refractivity contribution in [3.8, 4) is 0 Å². The fourth-order valence-corrected chi connectivity index (χ4v) is 3.82. The molecule has 3 nitrogen and oxygen atoms in total. The summed E-state index contributed by atoms with van der Waals surface area (Å²) in [5, 5.41) is 4.64. The average Bonchev–Trinajstić information content (AvgIpc) is 2.79. The summed E-state index contributed by atoms with van der Waals surface area (Å²) in [4.78, 5) is 8.72. The molecule has 2 rings (SSSR count). The molecule has 0 fully saturated rings. The van der Waals surface area contributed by atoms with E-state index in [1.54, 1.807) is 0 Å². The van der Waals surface area contributed by atoms with Crippen LogP contribution >= 0.6 is 11.3 Å². The Balaban J connectivity index is 2.23. The molecule has 1 N–H and O–H groups in total. The standard InChI is InChI=1S/C13H23N3S/c1-4-9-16(5-2)13-15-11-8-6-7-10(14-3)12(11)17-13/h10,14H,4-9H2,1-3H3. The number of rotatable bonds is 5. The summed E-state index contributed by atoms with van der Waals surface area (Å²) in [6.07, 6.45) is 4.87. The van der Waals surface area contributed by atoms with E-state index < -0.39 is 0 Å². The summed E-state index contributed by atoms with van der Waals surface area (Å²) in [7, 11) is 2.06. The Kier molecular flexibility index (Phi) is 4.40. The van der Waals surface area contributed by atoms with Crippen molar-refractivity contribution in [3.63, 3.8) is 0 Å². The Morgan fingerprint density at radius 1 is 1.47 bits per heavy atom. The predicted octanol–water partition coefficient (Wildman–Crippen LogP) is 2.98. The number of aryl methyl sites for hydroxylation is 1. The van der Waals surface area contributed by atoms with Gasteiger partial charge in [-0.2, -0.15) is 0 Å². The lowest BCUT2D eigenvalue weighted by Gasteiger charge is -2.20. The Hall–Kier alpha value is -0.610. The van der Waals surface area contributed by atoms with Gasteiger partial charge in [0, 0.05) is 24.0 Å². The van der Waals surface area contributed by atoms with E-state index >= 15 is 0 Å². The second-order valence-corrected chi connectivity index (χ2v) is 5.63. The van der Waals surface area contributed by atoms with Crippen molar-refractivity contribution in [1.82, 2.24) is 10.3 Å². The first-order valence-electron chi connectivity index (χ1n) is 6.71. The number of nitrogens with zero attached hydrogens (tertiary/aromatic N) is 2. The van der Waals surface area contributed by atoms with Crippen molar-refractivity contribution >= 4 is 16.5 Å². The molecule has 0 saturated heterocycles. The molecule has 1 heterocycles. The van der Waals surface area contributed by atoms with Crippen LogP contribution in [0.1, 0.15) is 49.7 Å². The third-order valence-electron chi connectivity index (χ3n) is 3.43. The van der Waals surface area contributed by atoms with Crippen LogP contribution in [0.3, 0.4) is 0 Å². The second kappa shape index (κ2) is 5.83. The first-order chi connectivity index (χ1) is 8.30. The molecule has 1 aromatic rings. The van der Waals surface area contributed by atoms with Gasteiger partial charge in [-0.1, -0.05) is 18.3 Å². The molecule has 1 unspecified atom stereocenters. The predicted molar refractivity (Wildman–Crippen MR) is 75.0 cm³/mol. The third-order valence-corrected chi connectivity index (χ3v) is 4.71. The van der Waals surface area contributed by atoms with E-state index in [1.165, 1.54) is 35.0 Å². The number of thiazole rings is 1. The van der Waals surface area contributed by atoms with Crippen molar-refractivity contribution in [2.45, 2.75) is 45.6 Å². The van der Waals surface area contributed by atoms with Gasteiger partial charge in [-0.05, 0) is 39.7 Å². The van der Waals surface area contributed by atoms with Gasteiger partial charge in [0.15, 0.2) is 5.13 Å². The van der Waals surface area contributed by atoms with Gasteiger partial charge in [-0.15, -0.1) is 0 Å². The minimum absolute atomic E-state index is 0.533. The zero-order valence-electron chi connectivity index (χ0n) is 11.1. The summed E-state index contributed by atoms with van der Waals surface area (Å²) in [5.74, 6) is 0. The fourth-order valence-electron chi connectivity index (χ4n) is 2.48. The maximum absolute atomic E-state index is 4.84. The Bertz CT molecular complexity index is 362. The molecule has 0 bridgehead atoms. The van der Waals surface area contributed by atoms with Crippen LogP contribution < -0.4 is 10.2 Å². The zero-order valence-corrected chi connectivity index (χ0v) is 11.9. The van der Waals surface area contributed by atoms with E-state index in [0.717, 1.165) is 19.5 Å². The highest BCUT2D eigenvalue weighted by Gasteiger charge is 2.24. The lowest BCUT2D eigenvalue weighted by molar-refractivity contribution is 0.501. The number of anilines is 1. The van der Waals surface area contributed by atoms with Crippen molar-refractivity contribution in [2.75, 3.05) is 25.0 Å². The van der Waals surface area contributed by atoms with Gasteiger partial charge in [0.1, 0.15) is 0 Å². The quantitative estimate of drug-likeness (QED) is 0.874.